The maximum absolute atomic E-state index is 12.6. The van der Waals surface area contributed by atoms with Gasteiger partial charge in [0.25, 0.3) is 0 Å². The maximum Gasteiger partial charge on any atom is 0.416 e. The molecule has 164 valence electrons. The number of alkyl halides is 3. The largest absolute Gasteiger partial charge is 0.416 e. The molecule has 31 heavy (non-hydrogen) atoms. The van der Waals surface area contributed by atoms with Crippen molar-refractivity contribution in [3.8, 4) is 10.6 Å². The van der Waals surface area contributed by atoms with E-state index in [0.29, 0.717) is 18.1 Å². The van der Waals surface area contributed by atoms with Gasteiger partial charge in [0, 0.05) is 23.5 Å². The van der Waals surface area contributed by atoms with E-state index < -0.39 is 11.7 Å². The summed E-state index contributed by atoms with van der Waals surface area (Å²) in [5.41, 5.74) is 9.05. The van der Waals surface area contributed by atoms with E-state index in [1.54, 1.807) is 0 Å². The molecule has 4 N–H and O–H groups in total. The third-order valence-electron chi connectivity index (χ3n) is 4.72. The summed E-state index contributed by atoms with van der Waals surface area (Å²) in [5.74, 6) is 0. The second-order valence-corrected chi connectivity index (χ2v) is 8.00. The van der Waals surface area contributed by atoms with Crippen LogP contribution in [0.15, 0.2) is 42.5 Å². The number of aryl methyl sites for hydroxylation is 1. The molecule has 2 heterocycles. The predicted molar refractivity (Wildman–Crippen MR) is 119 cm³/mol. The van der Waals surface area contributed by atoms with E-state index in [0.717, 1.165) is 44.9 Å². The van der Waals surface area contributed by atoms with Gasteiger partial charge in [-0.05, 0) is 49.2 Å². The summed E-state index contributed by atoms with van der Waals surface area (Å²) in [6.45, 7) is 2.36. The van der Waals surface area contributed by atoms with Gasteiger partial charge in [-0.1, -0.05) is 23.5 Å². The van der Waals surface area contributed by atoms with Crippen molar-refractivity contribution in [1.82, 2.24) is 20.4 Å². The van der Waals surface area contributed by atoms with Crippen LogP contribution in [0.25, 0.3) is 21.5 Å². The van der Waals surface area contributed by atoms with Crippen molar-refractivity contribution >= 4 is 39.8 Å². The van der Waals surface area contributed by atoms with E-state index in [1.807, 2.05) is 25.1 Å². The lowest BCUT2D eigenvalue weighted by Crippen LogP contribution is -2.31. The fourth-order valence-corrected chi connectivity index (χ4v) is 3.86. The molecule has 0 saturated heterocycles. The van der Waals surface area contributed by atoms with Crippen molar-refractivity contribution in [3.05, 3.63) is 59.3 Å². The molecule has 2 aromatic carbocycles. The molecule has 0 saturated carbocycles. The summed E-state index contributed by atoms with van der Waals surface area (Å²) in [5, 5.41) is 21.2. The molecule has 1 atom stereocenters. The van der Waals surface area contributed by atoms with Crippen LogP contribution in [0.4, 0.5) is 18.3 Å². The van der Waals surface area contributed by atoms with Crippen molar-refractivity contribution in [3.63, 3.8) is 0 Å². The molecule has 0 bridgehead atoms. The fraction of sp³-hybridized carbons (Fsp3) is 0.250. The highest BCUT2D eigenvalue weighted by Crippen LogP contribution is 2.30. The first kappa shape index (κ1) is 23.0. The Morgan fingerprint density at radius 1 is 1.13 bits per heavy atom. The zero-order valence-corrected chi connectivity index (χ0v) is 18.0. The van der Waals surface area contributed by atoms with Gasteiger partial charge in [0.15, 0.2) is 0 Å². The summed E-state index contributed by atoms with van der Waals surface area (Å²) in [4.78, 5) is 0. The molecule has 0 fully saturated rings. The van der Waals surface area contributed by atoms with Crippen LogP contribution in [0.1, 0.15) is 16.8 Å². The van der Waals surface area contributed by atoms with Crippen molar-refractivity contribution in [2.75, 3.05) is 11.9 Å². The molecule has 11 heteroatoms. The molecule has 0 aliphatic carbocycles. The lowest BCUT2D eigenvalue weighted by atomic mass is 10.0. The number of H-pyrrole nitrogens is 1. The summed E-state index contributed by atoms with van der Waals surface area (Å²) in [7, 11) is 0. The van der Waals surface area contributed by atoms with Crippen molar-refractivity contribution < 1.29 is 13.2 Å². The van der Waals surface area contributed by atoms with E-state index in [1.165, 1.54) is 23.5 Å². The van der Waals surface area contributed by atoms with Gasteiger partial charge in [0.05, 0.1) is 16.8 Å². The second-order valence-electron chi connectivity index (χ2n) is 7.02. The van der Waals surface area contributed by atoms with Crippen molar-refractivity contribution in [2.45, 2.75) is 25.6 Å². The Morgan fingerprint density at radius 3 is 2.58 bits per heavy atom. The number of hydrogen-bond donors (Lipinski definition) is 3. The van der Waals surface area contributed by atoms with E-state index in [-0.39, 0.29) is 18.4 Å². The number of nitrogens with two attached hydrogens (primary N) is 1. The average Bonchev–Trinajstić information content (AvgIpc) is 3.33. The third-order valence-corrected chi connectivity index (χ3v) is 5.65. The molecular weight excluding hydrogens is 449 g/mol. The smallest absolute Gasteiger partial charge is 0.359 e. The molecule has 2 aromatic heterocycles. The average molecular weight is 469 g/mol. The van der Waals surface area contributed by atoms with Gasteiger partial charge in [-0.2, -0.15) is 18.3 Å². The number of nitrogens with zero attached hydrogens (tertiary/aromatic N) is 3. The Balaban J connectivity index is 0.00000272. The van der Waals surface area contributed by atoms with Crippen molar-refractivity contribution in [1.29, 1.82) is 0 Å². The molecule has 4 aromatic rings. The first-order chi connectivity index (χ1) is 14.3. The number of fused-ring (bicyclic) bond motifs is 1. The summed E-state index contributed by atoms with van der Waals surface area (Å²) in [6.07, 6.45) is -3.88. The summed E-state index contributed by atoms with van der Waals surface area (Å²) < 4.78 is 37.9. The quantitative estimate of drug-likeness (QED) is 0.377. The minimum atomic E-state index is -4.33. The molecule has 0 aliphatic rings. The van der Waals surface area contributed by atoms with Crippen LogP contribution >= 0.6 is 23.7 Å². The molecule has 0 radical (unpaired) electrons. The van der Waals surface area contributed by atoms with Crippen molar-refractivity contribution in [2.24, 2.45) is 5.73 Å². The number of anilines is 1. The van der Waals surface area contributed by atoms with Crippen LogP contribution in [-0.2, 0) is 12.6 Å². The lowest BCUT2D eigenvalue weighted by molar-refractivity contribution is -0.137. The van der Waals surface area contributed by atoms with Gasteiger partial charge in [0.1, 0.15) is 5.01 Å². The van der Waals surface area contributed by atoms with Crippen LogP contribution in [0.2, 0.25) is 0 Å². The molecule has 0 aliphatic heterocycles. The van der Waals surface area contributed by atoms with Gasteiger partial charge < -0.3 is 11.1 Å². The third kappa shape index (κ3) is 5.33. The standard InChI is InChI=1S/C20H19F3N6S.ClH/c1-11-16-9-13(4-7-17(16)27-26-11)18-28-29-19(30-18)25-10-15(24)8-12-2-5-14(6-3-12)20(21,22)23;/h2-7,9,15H,8,10,24H2,1H3,(H,25,29)(H,26,27);1H/t15-;/m0./s1. The number of rotatable bonds is 6. The first-order valence-corrected chi connectivity index (χ1v) is 10.1. The van der Waals surface area contributed by atoms with E-state index >= 15 is 0 Å². The monoisotopic (exact) mass is 468 g/mol. The highest BCUT2D eigenvalue weighted by atomic mass is 35.5. The molecule has 0 amide bonds. The Kier molecular flexibility index (Phi) is 6.83. The van der Waals surface area contributed by atoms with Gasteiger partial charge in [-0.15, -0.1) is 22.6 Å². The molecule has 6 nitrogen and oxygen atoms in total. The molecule has 4 rings (SSSR count). The zero-order chi connectivity index (χ0) is 21.3. The Hall–Kier alpha value is -2.69. The topological polar surface area (TPSA) is 92.5 Å². The van der Waals surface area contributed by atoms with E-state index in [4.69, 9.17) is 5.73 Å². The molecule has 0 unspecified atom stereocenters. The van der Waals surface area contributed by atoms with Gasteiger partial charge in [-0.3, -0.25) is 5.10 Å². The number of hydrogen-bond acceptors (Lipinski definition) is 6. The summed E-state index contributed by atoms with van der Waals surface area (Å²) >= 11 is 1.41. The number of benzene rings is 2. The molecular formula is C20H20ClF3N6S. The minimum absolute atomic E-state index is 0. The van der Waals surface area contributed by atoms with Crippen LogP contribution in [0, 0.1) is 6.92 Å². The highest BCUT2D eigenvalue weighted by Gasteiger charge is 2.29. The van der Waals surface area contributed by atoms with Crippen LogP contribution in [0.3, 0.4) is 0 Å². The lowest BCUT2D eigenvalue weighted by Gasteiger charge is -2.13. The highest BCUT2D eigenvalue weighted by molar-refractivity contribution is 7.18. The zero-order valence-electron chi connectivity index (χ0n) is 16.4. The van der Waals surface area contributed by atoms with Gasteiger partial charge >= 0.3 is 6.18 Å². The number of nitrogens with one attached hydrogen (secondary N) is 2. The van der Waals surface area contributed by atoms with Crippen LogP contribution in [-0.4, -0.2) is 33.0 Å². The minimum Gasteiger partial charge on any atom is -0.359 e. The second kappa shape index (κ2) is 9.21. The van der Waals surface area contributed by atoms with E-state index in [2.05, 4.69) is 25.7 Å². The van der Waals surface area contributed by atoms with Crippen LogP contribution in [0.5, 0.6) is 0 Å². The normalized spacial score (nSPS) is 12.5. The SMILES string of the molecule is Cc1n[nH]c2ccc(-c3nnc(NC[C@@H](N)Cc4ccc(C(F)(F)F)cc4)s3)cc12.Cl. The Bertz CT molecular complexity index is 1160. The Labute approximate surface area is 186 Å². The van der Waals surface area contributed by atoms with E-state index in [9.17, 15) is 13.2 Å². The van der Waals surface area contributed by atoms with Gasteiger partial charge in [0.2, 0.25) is 5.13 Å². The Morgan fingerprint density at radius 2 is 1.87 bits per heavy atom. The molecule has 0 spiro atoms. The number of halogens is 4. The fourth-order valence-electron chi connectivity index (χ4n) is 3.11. The number of aromatic nitrogens is 4. The first-order valence-electron chi connectivity index (χ1n) is 9.24. The van der Waals surface area contributed by atoms with Gasteiger partial charge in [-0.25, -0.2) is 0 Å². The predicted octanol–water partition coefficient (Wildman–Crippen LogP) is 4.81. The summed E-state index contributed by atoms with van der Waals surface area (Å²) in [6, 6.07) is 10.7. The van der Waals surface area contributed by atoms with Crippen LogP contribution < -0.4 is 11.1 Å². The number of aromatic amines is 1. The maximum atomic E-state index is 12.6.